The number of amides is 1. The zero-order valence-corrected chi connectivity index (χ0v) is 12.2. The van der Waals surface area contributed by atoms with Crippen molar-refractivity contribution in [3.63, 3.8) is 0 Å². The number of anilines is 1. The highest BCUT2D eigenvalue weighted by Gasteiger charge is 2.27. The summed E-state index contributed by atoms with van der Waals surface area (Å²) in [5, 5.41) is 0. The molecule has 0 unspecified atom stereocenters. The van der Waals surface area contributed by atoms with Crippen LogP contribution in [0, 0.1) is 0 Å². The second-order valence-corrected chi connectivity index (χ2v) is 5.34. The van der Waals surface area contributed by atoms with Gasteiger partial charge in [-0.15, -0.1) is 0 Å². The number of benzene rings is 1. The quantitative estimate of drug-likeness (QED) is 0.845. The van der Waals surface area contributed by atoms with Gasteiger partial charge in [-0.25, -0.2) is 0 Å². The maximum absolute atomic E-state index is 12.2. The van der Waals surface area contributed by atoms with E-state index in [1.807, 2.05) is 35.2 Å². The summed E-state index contributed by atoms with van der Waals surface area (Å²) in [5.74, 6) is 0.112. The molecule has 0 fully saturated rings. The molecule has 2 heterocycles. The number of fused-ring (bicyclic) bond motifs is 1. The lowest BCUT2D eigenvalue weighted by Gasteiger charge is -2.21. The molecule has 0 bridgehead atoms. The first kappa shape index (κ1) is 13.6. The predicted molar refractivity (Wildman–Crippen MR) is 83.3 cm³/mol. The third-order valence-corrected chi connectivity index (χ3v) is 3.87. The summed E-state index contributed by atoms with van der Waals surface area (Å²) in [5.41, 5.74) is 2.86. The molecular weight excluding hydrogens is 262 g/mol. The fraction of sp³-hybridized carbons (Fsp3) is 0.294. The minimum atomic E-state index is 0.112. The maximum atomic E-state index is 12.2. The van der Waals surface area contributed by atoms with Gasteiger partial charge >= 0.3 is 0 Å². The fourth-order valence-corrected chi connectivity index (χ4v) is 2.67. The summed E-state index contributed by atoms with van der Waals surface area (Å²) in [7, 11) is 2.08. The summed E-state index contributed by atoms with van der Waals surface area (Å²) in [4.78, 5) is 20.6. The van der Waals surface area contributed by atoms with E-state index in [9.17, 15) is 4.79 Å². The molecule has 0 aliphatic carbocycles. The predicted octanol–water partition coefficient (Wildman–Crippen LogP) is 2.56. The van der Waals surface area contributed by atoms with Crippen LogP contribution in [0.25, 0.3) is 0 Å². The topological polar surface area (TPSA) is 36.4 Å². The molecule has 3 rings (SSSR count). The largest absolute Gasteiger partial charge is 0.375 e. The van der Waals surface area contributed by atoms with Crippen molar-refractivity contribution in [3.05, 3.63) is 59.9 Å². The Balaban J connectivity index is 1.52. The Bertz CT molecular complexity index is 627. The van der Waals surface area contributed by atoms with Crippen LogP contribution in [0.2, 0.25) is 0 Å². The lowest BCUT2D eigenvalue weighted by molar-refractivity contribution is 0.0777. The highest BCUT2D eigenvalue weighted by atomic mass is 16.2. The van der Waals surface area contributed by atoms with Crippen LogP contribution in [0.5, 0.6) is 0 Å². The third-order valence-electron chi connectivity index (χ3n) is 3.87. The number of para-hydroxylation sites is 1. The minimum absolute atomic E-state index is 0.112. The van der Waals surface area contributed by atoms with Gasteiger partial charge in [-0.2, -0.15) is 0 Å². The minimum Gasteiger partial charge on any atom is -0.375 e. The molecule has 0 spiro atoms. The van der Waals surface area contributed by atoms with Crippen LogP contribution < -0.4 is 4.90 Å². The molecule has 0 atom stereocenters. The van der Waals surface area contributed by atoms with Crippen LogP contribution in [-0.4, -0.2) is 35.9 Å². The van der Waals surface area contributed by atoms with Crippen molar-refractivity contribution < 1.29 is 4.79 Å². The molecule has 0 saturated heterocycles. The fourth-order valence-electron chi connectivity index (χ4n) is 2.67. The number of carbonyl (C=O) groups is 1. The number of rotatable bonds is 5. The van der Waals surface area contributed by atoms with E-state index >= 15 is 0 Å². The summed E-state index contributed by atoms with van der Waals surface area (Å²) >= 11 is 0. The van der Waals surface area contributed by atoms with Gasteiger partial charge in [0.2, 0.25) is 0 Å². The summed E-state index contributed by atoms with van der Waals surface area (Å²) in [6.07, 6.45) is 2.70. The van der Waals surface area contributed by atoms with Gasteiger partial charge in [0.1, 0.15) is 0 Å². The number of carbonyl (C=O) groups excluding carboxylic acids is 1. The Morgan fingerprint density at radius 1 is 1.19 bits per heavy atom. The molecule has 2 aromatic rings. The van der Waals surface area contributed by atoms with Gasteiger partial charge in [0.15, 0.2) is 0 Å². The van der Waals surface area contributed by atoms with Gasteiger partial charge in [-0.05, 0) is 30.7 Å². The Morgan fingerprint density at radius 2 is 2.00 bits per heavy atom. The summed E-state index contributed by atoms with van der Waals surface area (Å²) < 4.78 is 0. The van der Waals surface area contributed by atoms with Crippen LogP contribution in [0.4, 0.5) is 5.69 Å². The lowest BCUT2D eigenvalue weighted by Crippen LogP contribution is -2.28. The van der Waals surface area contributed by atoms with Crippen molar-refractivity contribution in [1.29, 1.82) is 0 Å². The molecule has 0 radical (unpaired) electrons. The zero-order chi connectivity index (χ0) is 14.7. The van der Waals surface area contributed by atoms with E-state index in [-0.39, 0.29) is 5.91 Å². The van der Waals surface area contributed by atoms with E-state index in [4.69, 9.17) is 0 Å². The van der Waals surface area contributed by atoms with Crippen molar-refractivity contribution in [2.75, 3.05) is 25.0 Å². The van der Waals surface area contributed by atoms with Gasteiger partial charge in [0.25, 0.3) is 5.91 Å². The van der Waals surface area contributed by atoms with E-state index < -0.39 is 0 Å². The second-order valence-electron chi connectivity index (χ2n) is 5.34. The Hall–Kier alpha value is -2.36. The first-order valence-electron chi connectivity index (χ1n) is 7.25. The number of pyridine rings is 1. The van der Waals surface area contributed by atoms with E-state index in [1.54, 1.807) is 6.20 Å². The molecule has 1 aliphatic heterocycles. The number of aromatic nitrogens is 1. The molecular formula is C17H19N3O. The number of hydrogen-bond donors (Lipinski definition) is 0. The normalized spacial score (nSPS) is 13.4. The van der Waals surface area contributed by atoms with Gasteiger partial charge in [0.05, 0.1) is 17.8 Å². The van der Waals surface area contributed by atoms with Gasteiger partial charge < -0.3 is 9.80 Å². The van der Waals surface area contributed by atoms with Crippen molar-refractivity contribution >= 4 is 11.6 Å². The van der Waals surface area contributed by atoms with Crippen LogP contribution in [0.1, 0.15) is 22.5 Å². The zero-order valence-electron chi connectivity index (χ0n) is 12.2. The molecule has 0 N–H and O–H groups in total. The van der Waals surface area contributed by atoms with Crippen molar-refractivity contribution in [1.82, 2.24) is 9.88 Å². The molecule has 1 amide bonds. The molecule has 1 aromatic heterocycles. The van der Waals surface area contributed by atoms with Crippen LogP contribution >= 0.6 is 0 Å². The summed E-state index contributed by atoms with van der Waals surface area (Å²) in [6.45, 7) is 2.34. The van der Waals surface area contributed by atoms with E-state index in [0.717, 1.165) is 30.8 Å². The van der Waals surface area contributed by atoms with E-state index in [2.05, 4.69) is 29.1 Å². The highest BCUT2D eigenvalue weighted by Crippen LogP contribution is 2.20. The average molecular weight is 281 g/mol. The van der Waals surface area contributed by atoms with E-state index in [0.29, 0.717) is 6.54 Å². The van der Waals surface area contributed by atoms with Crippen LogP contribution in [0.15, 0.2) is 48.7 Å². The van der Waals surface area contributed by atoms with Gasteiger partial charge in [0, 0.05) is 32.0 Å². The van der Waals surface area contributed by atoms with E-state index in [1.165, 1.54) is 5.69 Å². The molecule has 108 valence electrons. The third kappa shape index (κ3) is 2.89. The Kier molecular flexibility index (Phi) is 3.86. The van der Waals surface area contributed by atoms with Gasteiger partial charge in [-0.3, -0.25) is 9.78 Å². The molecule has 4 heteroatoms. The first-order valence-corrected chi connectivity index (χ1v) is 7.25. The average Bonchev–Trinajstić information content (AvgIpc) is 2.85. The van der Waals surface area contributed by atoms with Crippen molar-refractivity contribution in [2.24, 2.45) is 0 Å². The van der Waals surface area contributed by atoms with Gasteiger partial charge in [-0.1, -0.05) is 18.2 Å². The van der Waals surface area contributed by atoms with Crippen molar-refractivity contribution in [2.45, 2.75) is 13.0 Å². The van der Waals surface area contributed by atoms with Crippen LogP contribution in [-0.2, 0) is 6.54 Å². The maximum Gasteiger partial charge on any atom is 0.256 e. The molecule has 0 saturated carbocycles. The first-order chi connectivity index (χ1) is 10.3. The molecule has 1 aliphatic rings. The second kappa shape index (κ2) is 5.95. The standard InChI is InChI=1S/C17H19N3O/c1-19(14-7-3-2-4-8-14)11-6-12-20-13-16-15(17(20)21)9-5-10-18-16/h2-5,7-10H,6,11-13H2,1H3. The lowest BCUT2D eigenvalue weighted by atomic mass is 10.2. The SMILES string of the molecule is CN(CCCN1Cc2ncccc2C1=O)c1ccccc1. The van der Waals surface area contributed by atoms with Crippen molar-refractivity contribution in [3.8, 4) is 0 Å². The number of nitrogens with zero attached hydrogens (tertiary/aromatic N) is 3. The molecule has 1 aromatic carbocycles. The molecule has 4 nitrogen and oxygen atoms in total. The highest BCUT2D eigenvalue weighted by molar-refractivity contribution is 5.97. The Morgan fingerprint density at radius 3 is 2.76 bits per heavy atom. The monoisotopic (exact) mass is 281 g/mol. The Labute approximate surface area is 125 Å². The number of hydrogen-bond acceptors (Lipinski definition) is 3. The molecule has 21 heavy (non-hydrogen) atoms. The van der Waals surface area contributed by atoms with Crippen LogP contribution in [0.3, 0.4) is 0 Å². The smallest absolute Gasteiger partial charge is 0.256 e. The summed E-state index contributed by atoms with van der Waals surface area (Å²) in [6, 6.07) is 14.0.